The Morgan fingerprint density at radius 2 is 1.35 bits per heavy atom. The third-order valence-corrected chi connectivity index (χ3v) is 3.11. The minimum Gasteiger partial charge on any atom is -1.00 e. The maximum Gasteiger partial charge on any atom is 0.167 e. The highest BCUT2D eigenvalue weighted by molar-refractivity contribution is 5.06. The Morgan fingerprint density at radius 3 is 1.94 bits per heavy atom. The number of hydrogen-bond donors (Lipinski definition) is 0. The van der Waals surface area contributed by atoms with E-state index in [1.165, 1.54) is 63.4 Å². The Labute approximate surface area is 117 Å². The van der Waals surface area contributed by atoms with E-state index >= 15 is 0 Å². The number of pyridine rings is 1. The van der Waals surface area contributed by atoms with Crippen LogP contribution in [0.1, 0.15) is 63.9 Å². The van der Waals surface area contributed by atoms with E-state index in [-0.39, 0.29) is 17.0 Å². The summed E-state index contributed by atoms with van der Waals surface area (Å²) in [6, 6.07) is 4.36. The number of aromatic amines is 1. The Hall–Kier alpha value is -0.370. The van der Waals surface area contributed by atoms with E-state index in [0.29, 0.717) is 0 Å². The van der Waals surface area contributed by atoms with E-state index < -0.39 is 0 Å². The van der Waals surface area contributed by atoms with E-state index in [4.69, 9.17) is 0 Å². The Morgan fingerprint density at radius 1 is 0.824 bits per heavy atom. The fourth-order valence-corrected chi connectivity index (χ4v) is 2.05. The van der Waals surface area contributed by atoms with Crippen molar-refractivity contribution >= 4 is 0 Å². The van der Waals surface area contributed by atoms with Crippen molar-refractivity contribution in [2.24, 2.45) is 0 Å². The van der Waals surface area contributed by atoms with Crippen molar-refractivity contribution in [3.8, 4) is 0 Å². The molecule has 0 saturated heterocycles. The molecule has 1 nitrogen and oxygen atoms in total. The lowest BCUT2D eigenvalue weighted by Gasteiger charge is -2.01. The van der Waals surface area contributed by atoms with Crippen LogP contribution in [0.15, 0.2) is 24.5 Å². The van der Waals surface area contributed by atoms with Crippen LogP contribution in [0.5, 0.6) is 0 Å². The number of rotatable bonds is 9. The van der Waals surface area contributed by atoms with Gasteiger partial charge in [-0.2, -0.15) is 0 Å². The first-order chi connectivity index (χ1) is 7.93. The molecule has 2 heteroatoms. The van der Waals surface area contributed by atoms with Gasteiger partial charge in [-0.1, -0.05) is 51.9 Å². The smallest absolute Gasteiger partial charge is 0.167 e. The number of aromatic nitrogens is 1. The number of hydrogen-bond acceptors (Lipinski definition) is 0. The number of nitrogens with one attached hydrogen (secondary N) is 1. The maximum absolute atomic E-state index is 3.06. The zero-order valence-corrected chi connectivity index (χ0v) is 12.6. The molecule has 0 aliphatic rings. The van der Waals surface area contributed by atoms with Gasteiger partial charge in [0.05, 0.1) is 0 Å². The minimum absolute atomic E-state index is 0. The highest BCUT2D eigenvalue weighted by Gasteiger charge is 1.94. The summed E-state index contributed by atoms with van der Waals surface area (Å²) in [6.45, 7) is 2.28. The van der Waals surface area contributed by atoms with Crippen LogP contribution in [0.2, 0.25) is 0 Å². The van der Waals surface area contributed by atoms with Crippen molar-refractivity contribution in [3.05, 3.63) is 30.1 Å². The quantitative estimate of drug-likeness (QED) is 0.608. The number of H-pyrrole nitrogens is 1. The Kier molecular flexibility index (Phi) is 11.8. The third-order valence-electron chi connectivity index (χ3n) is 3.11. The molecule has 0 saturated carbocycles. The monoisotopic (exact) mass is 299 g/mol. The largest absolute Gasteiger partial charge is 1.00 e. The second kappa shape index (κ2) is 12.1. The number of aryl methyl sites for hydroxylation is 1. The highest BCUT2D eigenvalue weighted by Crippen LogP contribution is 2.10. The summed E-state index contributed by atoms with van der Waals surface area (Å²) >= 11 is 0. The molecular weight excluding hydrogens is 274 g/mol. The van der Waals surface area contributed by atoms with Crippen LogP contribution in [-0.4, -0.2) is 0 Å². The second-order valence-corrected chi connectivity index (χ2v) is 4.63. The van der Waals surface area contributed by atoms with Gasteiger partial charge in [-0.15, -0.1) is 0 Å². The topological polar surface area (TPSA) is 14.1 Å². The van der Waals surface area contributed by atoms with Crippen LogP contribution in [0.25, 0.3) is 0 Å². The lowest BCUT2D eigenvalue weighted by atomic mass is 10.0. The van der Waals surface area contributed by atoms with Gasteiger partial charge in [0.25, 0.3) is 0 Å². The molecular formula is C15H26BrN. The predicted octanol–water partition coefficient (Wildman–Crippen LogP) is 1.19. The summed E-state index contributed by atoms with van der Waals surface area (Å²) in [6.07, 6.45) is 16.5. The first-order valence-electron chi connectivity index (χ1n) is 6.88. The molecule has 0 radical (unpaired) electrons. The maximum atomic E-state index is 3.06. The van der Waals surface area contributed by atoms with Gasteiger partial charge in [-0.25, -0.2) is 4.98 Å². The minimum atomic E-state index is 0. The van der Waals surface area contributed by atoms with Gasteiger partial charge in [0.1, 0.15) is 0 Å². The van der Waals surface area contributed by atoms with E-state index in [1.807, 2.05) is 12.4 Å². The van der Waals surface area contributed by atoms with Crippen LogP contribution < -0.4 is 22.0 Å². The fourth-order valence-electron chi connectivity index (χ4n) is 2.05. The van der Waals surface area contributed by atoms with Crippen molar-refractivity contribution < 1.29 is 22.0 Å². The van der Waals surface area contributed by atoms with Gasteiger partial charge in [-0.3, -0.25) is 0 Å². The lowest BCUT2D eigenvalue weighted by molar-refractivity contribution is -0.378. The van der Waals surface area contributed by atoms with Crippen molar-refractivity contribution in [1.29, 1.82) is 0 Å². The van der Waals surface area contributed by atoms with E-state index in [1.54, 1.807) is 0 Å². The summed E-state index contributed by atoms with van der Waals surface area (Å²) in [4.78, 5) is 3.06. The fraction of sp³-hybridized carbons (Fsp3) is 0.667. The van der Waals surface area contributed by atoms with Crippen LogP contribution in [0.3, 0.4) is 0 Å². The molecule has 1 aromatic heterocycles. The third kappa shape index (κ3) is 9.34. The van der Waals surface area contributed by atoms with Crippen LogP contribution >= 0.6 is 0 Å². The molecule has 0 amide bonds. The first kappa shape index (κ1) is 16.6. The first-order valence-corrected chi connectivity index (χ1v) is 6.88. The zero-order valence-electron chi connectivity index (χ0n) is 11.1. The summed E-state index contributed by atoms with van der Waals surface area (Å²) in [7, 11) is 0. The van der Waals surface area contributed by atoms with E-state index in [9.17, 15) is 0 Å². The van der Waals surface area contributed by atoms with Crippen molar-refractivity contribution in [2.75, 3.05) is 0 Å². The molecule has 0 unspecified atom stereocenters. The van der Waals surface area contributed by atoms with Gasteiger partial charge in [0, 0.05) is 12.1 Å². The van der Waals surface area contributed by atoms with Gasteiger partial charge in [0.2, 0.25) is 0 Å². The van der Waals surface area contributed by atoms with Gasteiger partial charge in [-0.05, 0) is 18.4 Å². The van der Waals surface area contributed by atoms with Crippen LogP contribution in [0.4, 0.5) is 0 Å². The molecule has 0 fully saturated rings. The average molecular weight is 300 g/mol. The van der Waals surface area contributed by atoms with Crippen molar-refractivity contribution in [1.82, 2.24) is 0 Å². The lowest BCUT2D eigenvalue weighted by Crippen LogP contribution is -3.00. The number of unbranched alkanes of at least 4 members (excludes halogenated alkanes) is 7. The average Bonchev–Trinajstić information content (AvgIpc) is 2.34. The molecule has 17 heavy (non-hydrogen) atoms. The predicted molar refractivity (Wildman–Crippen MR) is 69.3 cm³/mol. The molecule has 1 rings (SSSR count). The summed E-state index contributed by atoms with van der Waals surface area (Å²) in [5, 5.41) is 0. The Bertz CT molecular complexity index is 248. The standard InChI is InChI=1S/C15H25N.BrH/c1-2-3-4-5-6-7-8-9-10-15-11-13-16-14-12-15;/h11-14H,2-10H2,1H3;1H. The molecule has 1 N–H and O–H groups in total. The zero-order chi connectivity index (χ0) is 11.5. The summed E-state index contributed by atoms with van der Waals surface area (Å²) in [5.41, 5.74) is 1.46. The Balaban J connectivity index is 0.00000256. The van der Waals surface area contributed by atoms with Crippen molar-refractivity contribution in [3.63, 3.8) is 0 Å². The second-order valence-electron chi connectivity index (χ2n) is 4.63. The number of halogens is 1. The van der Waals surface area contributed by atoms with Crippen LogP contribution in [0, 0.1) is 0 Å². The normalized spacial score (nSPS) is 9.94. The molecule has 1 aromatic rings. The molecule has 0 aliphatic heterocycles. The van der Waals surface area contributed by atoms with Gasteiger partial charge >= 0.3 is 0 Å². The summed E-state index contributed by atoms with van der Waals surface area (Å²) < 4.78 is 0. The molecule has 98 valence electrons. The SMILES string of the molecule is CCCCCCCCCCc1cc[nH+]cc1.[Br-]. The molecule has 1 heterocycles. The molecule has 0 spiro atoms. The molecule has 0 atom stereocenters. The molecule has 0 bridgehead atoms. The molecule has 0 aromatic carbocycles. The molecule has 0 aliphatic carbocycles. The highest BCUT2D eigenvalue weighted by atomic mass is 79.9. The summed E-state index contributed by atoms with van der Waals surface area (Å²) in [5.74, 6) is 0. The van der Waals surface area contributed by atoms with Gasteiger partial charge < -0.3 is 17.0 Å². The van der Waals surface area contributed by atoms with Gasteiger partial charge in [0.15, 0.2) is 12.4 Å². The van der Waals surface area contributed by atoms with Crippen LogP contribution in [-0.2, 0) is 6.42 Å². The van der Waals surface area contributed by atoms with E-state index in [0.717, 1.165) is 0 Å². The van der Waals surface area contributed by atoms with Crippen molar-refractivity contribution in [2.45, 2.75) is 64.7 Å². The van der Waals surface area contributed by atoms with E-state index in [2.05, 4.69) is 24.0 Å².